The van der Waals surface area contributed by atoms with Gasteiger partial charge in [-0.25, -0.2) is 4.39 Å². The maximum Gasteiger partial charge on any atom is 0.417 e. The molecule has 406 valence electrons. The molecular formula is C61H84F4N10. The van der Waals surface area contributed by atoms with E-state index in [2.05, 4.69) is 150 Å². The summed E-state index contributed by atoms with van der Waals surface area (Å²) in [6.07, 6.45) is 6.94. The van der Waals surface area contributed by atoms with Gasteiger partial charge in [-0.3, -0.25) is 14.7 Å². The van der Waals surface area contributed by atoms with E-state index < -0.39 is 11.7 Å². The Balaban J connectivity index is 1.12. The minimum atomic E-state index is -4.67. The van der Waals surface area contributed by atoms with Crippen molar-refractivity contribution in [3.63, 3.8) is 0 Å². The van der Waals surface area contributed by atoms with Gasteiger partial charge in [0.05, 0.1) is 23.0 Å². The molecule has 3 aromatic rings. The monoisotopic (exact) mass is 1030 g/mol. The van der Waals surface area contributed by atoms with Crippen molar-refractivity contribution in [2.24, 2.45) is 0 Å². The summed E-state index contributed by atoms with van der Waals surface area (Å²) in [5.41, 5.74) is 8.39. The lowest BCUT2D eigenvalue weighted by atomic mass is 9.99. The van der Waals surface area contributed by atoms with Crippen LogP contribution in [0.5, 0.6) is 0 Å². The lowest BCUT2D eigenvalue weighted by molar-refractivity contribution is -0.0891. The average molecular weight is 1030 g/mol. The first kappa shape index (κ1) is 59.4. The van der Waals surface area contributed by atoms with Crippen LogP contribution in [-0.4, -0.2) is 117 Å². The van der Waals surface area contributed by atoms with Crippen molar-refractivity contribution in [1.29, 1.82) is 0 Å². The molecular weight excluding hydrogens is 949 g/mol. The Morgan fingerprint density at radius 3 is 2.24 bits per heavy atom. The van der Waals surface area contributed by atoms with Gasteiger partial charge in [0.2, 0.25) is 0 Å². The number of unbranched alkanes of at least 4 members (excludes halogenated alkanes) is 1. The van der Waals surface area contributed by atoms with Crippen LogP contribution in [0.15, 0.2) is 160 Å². The highest BCUT2D eigenvalue weighted by Gasteiger charge is 2.37. The molecule has 3 atom stereocenters. The van der Waals surface area contributed by atoms with Crippen molar-refractivity contribution in [2.75, 3.05) is 88.5 Å². The SMILES string of the molecule is C=C/C=C(\C(=C/NC)C(=C)Nc1cc(-c2cc(CN3CCN(CCNC(=C)CCCCNc4cccc(C(=C)N(C=C)C(CCC)C(=C)NC=C)c4C)CC3)ccc2F)ccc1N1CC(C)N(C)C(C)C1)C(F)(F)F. The van der Waals surface area contributed by atoms with Crippen LogP contribution in [-0.2, 0) is 6.54 Å². The molecule has 75 heavy (non-hydrogen) atoms. The topological polar surface area (TPSA) is 76.3 Å². The molecule has 2 aliphatic rings. The van der Waals surface area contributed by atoms with E-state index in [4.69, 9.17) is 0 Å². The van der Waals surface area contributed by atoms with Crippen LogP contribution in [0.25, 0.3) is 16.8 Å². The summed E-state index contributed by atoms with van der Waals surface area (Å²) in [6.45, 7) is 45.3. The van der Waals surface area contributed by atoms with E-state index in [1.165, 1.54) is 19.3 Å². The summed E-state index contributed by atoms with van der Waals surface area (Å²) in [5.74, 6) is -0.380. The molecule has 0 aliphatic carbocycles. The number of nitrogens with one attached hydrogen (secondary N) is 5. The number of hydrogen-bond donors (Lipinski definition) is 5. The van der Waals surface area contributed by atoms with Gasteiger partial charge < -0.3 is 36.4 Å². The highest BCUT2D eigenvalue weighted by Crippen LogP contribution is 2.39. The van der Waals surface area contributed by atoms with Crippen molar-refractivity contribution in [1.82, 2.24) is 35.6 Å². The molecule has 2 aliphatic heterocycles. The van der Waals surface area contributed by atoms with E-state index in [-0.39, 0.29) is 35.2 Å². The maximum atomic E-state index is 15.9. The van der Waals surface area contributed by atoms with Gasteiger partial charge in [0, 0.05) is 136 Å². The number of piperazine rings is 2. The van der Waals surface area contributed by atoms with E-state index in [1.807, 2.05) is 36.5 Å². The molecule has 3 aromatic carbocycles. The lowest BCUT2D eigenvalue weighted by Gasteiger charge is -2.44. The lowest BCUT2D eigenvalue weighted by Crippen LogP contribution is -2.55. The van der Waals surface area contributed by atoms with Gasteiger partial charge in [0.15, 0.2) is 0 Å². The van der Waals surface area contributed by atoms with Crippen LogP contribution >= 0.6 is 0 Å². The van der Waals surface area contributed by atoms with Crippen molar-refractivity contribution >= 4 is 22.8 Å². The number of anilines is 3. The molecule has 10 nitrogen and oxygen atoms in total. The second kappa shape index (κ2) is 28.4. The maximum absolute atomic E-state index is 15.9. The minimum Gasteiger partial charge on any atom is -0.393 e. The molecule has 0 spiro atoms. The number of nitrogens with zero attached hydrogens (tertiary/aromatic N) is 5. The number of rotatable bonds is 29. The van der Waals surface area contributed by atoms with Gasteiger partial charge in [-0.05, 0) is 119 Å². The predicted octanol–water partition coefficient (Wildman–Crippen LogP) is 12.4. The van der Waals surface area contributed by atoms with Gasteiger partial charge in [0.1, 0.15) is 5.82 Å². The third-order valence-corrected chi connectivity index (χ3v) is 14.5. The molecule has 2 fully saturated rings. The Morgan fingerprint density at radius 1 is 0.893 bits per heavy atom. The van der Waals surface area contributed by atoms with E-state index >= 15 is 4.39 Å². The Kier molecular flexibility index (Phi) is 22.5. The van der Waals surface area contributed by atoms with E-state index in [9.17, 15) is 13.2 Å². The summed E-state index contributed by atoms with van der Waals surface area (Å²) in [7, 11) is 3.63. The molecule has 0 bridgehead atoms. The van der Waals surface area contributed by atoms with Gasteiger partial charge in [-0.15, -0.1) is 0 Å². The summed E-state index contributed by atoms with van der Waals surface area (Å²) in [4.78, 5) is 11.5. The fourth-order valence-corrected chi connectivity index (χ4v) is 10.0. The first-order chi connectivity index (χ1) is 35.8. The Bertz CT molecular complexity index is 2520. The predicted molar refractivity (Wildman–Crippen MR) is 310 cm³/mol. The zero-order valence-corrected chi connectivity index (χ0v) is 45.6. The average Bonchev–Trinajstić information content (AvgIpc) is 3.37. The molecule has 0 aromatic heterocycles. The summed E-state index contributed by atoms with van der Waals surface area (Å²) < 4.78 is 58.9. The number of allylic oxidation sites excluding steroid dienone is 4. The standard InChI is InChI=1S/C61H84F4N10/c1-14-21-55(61(63,64)65)54(39-66-12)47(9)70-58-38-51(27-29-60(58)74-40-44(6)71(13)45(7)41-74)53-37-50(26-28-56(53)62)42-73-35-33-72(34-36-73)32-31-68-43(5)23-18-19-30-69-57-25-20-24-52(46(57)8)49(11)75(17-4)59(22-15-2)48(10)67-16-3/h14,16-17,20-21,24-29,37-39,44-45,59,66-70H,1,3-5,9-11,15,18-19,22-23,30-36,40-42H2,2,6-8,12-13H3/b54-39-,55-21+. The van der Waals surface area contributed by atoms with Crippen LogP contribution in [0.1, 0.15) is 69.6 Å². The Hall–Kier alpha value is -6.48. The molecule has 3 unspecified atom stereocenters. The van der Waals surface area contributed by atoms with Crippen molar-refractivity contribution in [2.45, 2.75) is 90.6 Å². The fourth-order valence-electron chi connectivity index (χ4n) is 10.0. The van der Waals surface area contributed by atoms with Gasteiger partial charge in [-0.1, -0.05) is 89.7 Å². The number of hydrogen-bond acceptors (Lipinski definition) is 10. The van der Waals surface area contributed by atoms with Crippen molar-refractivity contribution < 1.29 is 17.6 Å². The smallest absolute Gasteiger partial charge is 0.393 e. The zero-order valence-electron chi connectivity index (χ0n) is 45.6. The van der Waals surface area contributed by atoms with Gasteiger partial charge >= 0.3 is 6.18 Å². The third-order valence-electron chi connectivity index (χ3n) is 14.5. The van der Waals surface area contributed by atoms with Crippen LogP contribution in [0.3, 0.4) is 0 Å². The van der Waals surface area contributed by atoms with E-state index in [0.717, 1.165) is 135 Å². The largest absolute Gasteiger partial charge is 0.417 e. The normalized spacial score (nSPS) is 17.4. The molecule has 0 amide bonds. The highest BCUT2D eigenvalue weighted by molar-refractivity contribution is 5.81. The molecule has 0 radical (unpaired) electrons. The number of benzene rings is 3. The highest BCUT2D eigenvalue weighted by atomic mass is 19.4. The van der Waals surface area contributed by atoms with Crippen LogP contribution < -0.4 is 31.5 Å². The number of halogens is 4. The van der Waals surface area contributed by atoms with E-state index in [0.29, 0.717) is 36.4 Å². The molecule has 0 saturated carbocycles. The van der Waals surface area contributed by atoms with Crippen molar-refractivity contribution in [3.05, 3.63) is 182 Å². The third kappa shape index (κ3) is 16.3. The quantitative estimate of drug-likeness (QED) is 0.0264. The van der Waals surface area contributed by atoms with Crippen LogP contribution in [0.2, 0.25) is 0 Å². The van der Waals surface area contributed by atoms with Gasteiger partial charge in [-0.2, -0.15) is 13.2 Å². The molecule has 5 rings (SSSR count). The van der Waals surface area contributed by atoms with Crippen LogP contribution in [0.4, 0.5) is 34.6 Å². The zero-order chi connectivity index (χ0) is 54.8. The fraction of sp³-hybridized carbons (Fsp3) is 0.410. The Morgan fingerprint density at radius 2 is 1.60 bits per heavy atom. The summed E-state index contributed by atoms with van der Waals surface area (Å²) in [5, 5.41) is 16.3. The molecule has 2 heterocycles. The Labute approximate surface area is 446 Å². The van der Waals surface area contributed by atoms with E-state index in [1.54, 1.807) is 6.20 Å². The number of alkyl halides is 3. The second-order valence-corrected chi connectivity index (χ2v) is 19.8. The molecule has 5 N–H and O–H groups in total. The second-order valence-electron chi connectivity index (χ2n) is 19.8. The first-order valence-electron chi connectivity index (χ1n) is 26.3. The first-order valence-corrected chi connectivity index (χ1v) is 26.3. The van der Waals surface area contributed by atoms with Crippen molar-refractivity contribution in [3.8, 4) is 11.1 Å². The van der Waals surface area contributed by atoms with Gasteiger partial charge in [0.25, 0.3) is 0 Å². The summed E-state index contributed by atoms with van der Waals surface area (Å²) >= 11 is 0. The van der Waals surface area contributed by atoms with Crippen LogP contribution in [0, 0.1) is 12.7 Å². The summed E-state index contributed by atoms with van der Waals surface area (Å²) in [6, 6.07) is 17.6. The molecule has 2 saturated heterocycles. The minimum absolute atomic E-state index is 0.00394. The molecule has 14 heteroatoms. The number of likely N-dealkylation sites (N-methyl/N-ethyl adjacent to an activating group) is 1.